The standard InChI is InChI=1S/C16H21N3O2/c1-17-16(21)12-10-15(20)19(11-12)14-6-4-13(5-7-14)18-8-2-3-9-18/h4-7,12H,2-3,8-11H2,1H3,(H,17,21). The summed E-state index contributed by atoms with van der Waals surface area (Å²) in [5.74, 6) is -0.266. The highest BCUT2D eigenvalue weighted by Crippen LogP contribution is 2.28. The van der Waals surface area contributed by atoms with Gasteiger partial charge in [-0.1, -0.05) is 0 Å². The molecule has 5 heteroatoms. The molecule has 0 spiro atoms. The number of nitrogens with zero attached hydrogens (tertiary/aromatic N) is 2. The van der Waals surface area contributed by atoms with Crippen molar-refractivity contribution in [3.63, 3.8) is 0 Å². The van der Waals surface area contributed by atoms with Crippen LogP contribution in [0.5, 0.6) is 0 Å². The number of benzene rings is 1. The molecule has 1 aromatic carbocycles. The summed E-state index contributed by atoms with van der Waals surface area (Å²) in [5.41, 5.74) is 2.10. The van der Waals surface area contributed by atoms with E-state index < -0.39 is 0 Å². The molecular weight excluding hydrogens is 266 g/mol. The Morgan fingerprint density at radius 2 is 1.76 bits per heavy atom. The van der Waals surface area contributed by atoms with E-state index in [1.807, 2.05) is 12.1 Å². The van der Waals surface area contributed by atoms with Gasteiger partial charge in [0.25, 0.3) is 0 Å². The molecular formula is C16H21N3O2. The Morgan fingerprint density at radius 1 is 1.14 bits per heavy atom. The first-order valence-electron chi connectivity index (χ1n) is 7.56. The van der Waals surface area contributed by atoms with Gasteiger partial charge in [0.15, 0.2) is 0 Å². The highest BCUT2D eigenvalue weighted by Gasteiger charge is 2.34. The van der Waals surface area contributed by atoms with Gasteiger partial charge in [0, 0.05) is 44.5 Å². The SMILES string of the molecule is CNC(=O)C1CC(=O)N(c2ccc(N3CCCC3)cc2)C1. The third-order valence-electron chi connectivity index (χ3n) is 4.37. The fourth-order valence-electron chi connectivity index (χ4n) is 3.16. The number of carbonyl (C=O) groups is 2. The van der Waals surface area contributed by atoms with Gasteiger partial charge in [-0.25, -0.2) is 0 Å². The van der Waals surface area contributed by atoms with Crippen molar-refractivity contribution >= 4 is 23.2 Å². The van der Waals surface area contributed by atoms with Gasteiger partial charge in [-0.15, -0.1) is 0 Å². The van der Waals surface area contributed by atoms with Crippen LogP contribution in [0.2, 0.25) is 0 Å². The van der Waals surface area contributed by atoms with Gasteiger partial charge >= 0.3 is 0 Å². The molecule has 2 fully saturated rings. The highest BCUT2D eigenvalue weighted by molar-refractivity contribution is 6.00. The van der Waals surface area contributed by atoms with E-state index in [9.17, 15) is 9.59 Å². The summed E-state index contributed by atoms with van der Waals surface area (Å²) in [4.78, 5) is 27.8. The molecule has 0 saturated carbocycles. The summed E-state index contributed by atoms with van der Waals surface area (Å²) in [6.07, 6.45) is 2.80. The summed E-state index contributed by atoms with van der Waals surface area (Å²) in [6.45, 7) is 2.70. The van der Waals surface area contributed by atoms with Crippen molar-refractivity contribution in [3.8, 4) is 0 Å². The Kier molecular flexibility index (Phi) is 3.82. The normalized spacial score (nSPS) is 22.0. The lowest BCUT2D eigenvalue weighted by molar-refractivity contribution is -0.125. The summed E-state index contributed by atoms with van der Waals surface area (Å²) in [5, 5.41) is 2.62. The molecule has 0 aromatic heterocycles. The Morgan fingerprint density at radius 3 is 2.38 bits per heavy atom. The first kappa shape index (κ1) is 13.9. The molecule has 1 unspecified atom stereocenters. The van der Waals surface area contributed by atoms with Crippen molar-refractivity contribution in [2.45, 2.75) is 19.3 Å². The molecule has 2 saturated heterocycles. The van der Waals surface area contributed by atoms with Crippen LogP contribution >= 0.6 is 0 Å². The smallest absolute Gasteiger partial charge is 0.227 e. The molecule has 1 N–H and O–H groups in total. The lowest BCUT2D eigenvalue weighted by Crippen LogP contribution is -2.30. The van der Waals surface area contributed by atoms with Gasteiger partial charge < -0.3 is 15.1 Å². The molecule has 112 valence electrons. The molecule has 2 amide bonds. The molecule has 1 aromatic rings. The van der Waals surface area contributed by atoms with Crippen molar-refractivity contribution in [1.82, 2.24) is 5.32 Å². The molecule has 1 atom stereocenters. The molecule has 5 nitrogen and oxygen atoms in total. The van der Waals surface area contributed by atoms with Crippen LogP contribution in [0.25, 0.3) is 0 Å². The molecule has 0 aliphatic carbocycles. The van der Waals surface area contributed by atoms with Crippen molar-refractivity contribution < 1.29 is 9.59 Å². The van der Waals surface area contributed by atoms with Crippen molar-refractivity contribution in [2.75, 3.05) is 36.5 Å². The lowest BCUT2D eigenvalue weighted by atomic mass is 10.1. The first-order chi connectivity index (χ1) is 10.2. The number of amides is 2. The average Bonchev–Trinajstić information content (AvgIpc) is 3.16. The van der Waals surface area contributed by atoms with Crippen LogP contribution in [0.3, 0.4) is 0 Å². The second kappa shape index (κ2) is 5.76. The van der Waals surface area contributed by atoms with E-state index >= 15 is 0 Å². The minimum absolute atomic E-state index is 0.0255. The van der Waals surface area contributed by atoms with Gasteiger partial charge in [-0.3, -0.25) is 9.59 Å². The predicted molar refractivity (Wildman–Crippen MR) is 82.4 cm³/mol. The van der Waals surface area contributed by atoms with Gasteiger partial charge in [-0.2, -0.15) is 0 Å². The molecule has 0 radical (unpaired) electrons. The van der Waals surface area contributed by atoms with E-state index in [0.29, 0.717) is 13.0 Å². The number of hydrogen-bond acceptors (Lipinski definition) is 3. The van der Waals surface area contributed by atoms with Crippen LogP contribution in [0.1, 0.15) is 19.3 Å². The van der Waals surface area contributed by atoms with Gasteiger partial charge in [0.05, 0.1) is 5.92 Å². The maximum absolute atomic E-state index is 12.1. The van der Waals surface area contributed by atoms with Gasteiger partial charge in [-0.05, 0) is 37.1 Å². The average molecular weight is 287 g/mol. The minimum Gasteiger partial charge on any atom is -0.372 e. The summed E-state index contributed by atoms with van der Waals surface area (Å²) < 4.78 is 0. The summed E-state index contributed by atoms with van der Waals surface area (Å²) in [7, 11) is 1.61. The first-order valence-corrected chi connectivity index (χ1v) is 7.56. The summed E-state index contributed by atoms with van der Waals surface area (Å²) in [6, 6.07) is 8.11. The van der Waals surface area contributed by atoms with Crippen LogP contribution < -0.4 is 15.1 Å². The number of rotatable bonds is 3. The topological polar surface area (TPSA) is 52.7 Å². The molecule has 3 rings (SSSR count). The predicted octanol–water partition coefficient (Wildman–Crippen LogP) is 1.39. The molecule has 2 heterocycles. The van der Waals surface area contributed by atoms with E-state index in [1.54, 1.807) is 11.9 Å². The van der Waals surface area contributed by atoms with Crippen molar-refractivity contribution in [3.05, 3.63) is 24.3 Å². The Bertz CT molecular complexity index is 535. The third kappa shape index (κ3) is 2.73. The van der Waals surface area contributed by atoms with E-state index in [2.05, 4.69) is 22.3 Å². The second-order valence-corrected chi connectivity index (χ2v) is 5.73. The Balaban J connectivity index is 1.72. The lowest BCUT2D eigenvalue weighted by Gasteiger charge is -2.20. The molecule has 21 heavy (non-hydrogen) atoms. The summed E-state index contributed by atoms with van der Waals surface area (Å²) >= 11 is 0. The van der Waals surface area contributed by atoms with Crippen molar-refractivity contribution in [2.24, 2.45) is 5.92 Å². The van der Waals surface area contributed by atoms with Crippen LogP contribution in [0.4, 0.5) is 11.4 Å². The zero-order chi connectivity index (χ0) is 14.8. The van der Waals surface area contributed by atoms with Crippen LogP contribution in [0.15, 0.2) is 24.3 Å². The molecule has 2 aliphatic rings. The second-order valence-electron chi connectivity index (χ2n) is 5.73. The van der Waals surface area contributed by atoms with Crippen molar-refractivity contribution in [1.29, 1.82) is 0 Å². The maximum atomic E-state index is 12.1. The fraction of sp³-hybridized carbons (Fsp3) is 0.500. The zero-order valence-corrected chi connectivity index (χ0v) is 12.3. The van der Waals surface area contributed by atoms with E-state index in [1.165, 1.54) is 18.5 Å². The quantitative estimate of drug-likeness (QED) is 0.914. The number of nitrogens with one attached hydrogen (secondary N) is 1. The number of hydrogen-bond donors (Lipinski definition) is 1. The highest BCUT2D eigenvalue weighted by atomic mass is 16.2. The van der Waals surface area contributed by atoms with E-state index in [0.717, 1.165) is 18.8 Å². The monoisotopic (exact) mass is 287 g/mol. The van der Waals surface area contributed by atoms with Gasteiger partial charge in [0.1, 0.15) is 0 Å². The van der Waals surface area contributed by atoms with Crippen LogP contribution in [-0.2, 0) is 9.59 Å². The molecule has 2 aliphatic heterocycles. The van der Waals surface area contributed by atoms with E-state index in [-0.39, 0.29) is 17.7 Å². The zero-order valence-electron chi connectivity index (χ0n) is 12.3. The Labute approximate surface area is 124 Å². The van der Waals surface area contributed by atoms with Crippen LogP contribution in [0, 0.1) is 5.92 Å². The fourth-order valence-corrected chi connectivity index (χ4v) is 3.16. The number of anilines is 2. The third-order valence-corrected chi connectivity index (χ3v) is 4.37. The molecule has 0 bridgehead atoms. The van der Waals surface area contributed by atoms with Gasteiger partial charge in [0.2, 0.25) is 11.8 Å². The Hall–Kier alpha value is -2.04. The maximum Gasteiger partial charge on any atom is 0.227 e. The van der Waals surface area contributed by atoms with E-state index in [4.69, 9.17) is 0 Å². The van der Waals surface area contributed by atoms with Crippen LogP contribution in [-0.4, -0.2) is 38.5 Å². The number of carbonyl (C=O) groups excluding carboxylic acids is 2. The largest absolute Gasteiger partial charge is 0.372 e. The minimum atomic E-state index is -0.235.